The minimum Gasteiger partial charge on any atom is -0.497 e. The fourth-order valence-electron chi connectivity index (χ4n) is 3.17. The number of nitrogens with one attached hydrogen (secondary N) is 1. The Morgan fingerprint density at radius 2 is 1.64 bits per heavy atom. The monoisotopic (exact) mass is 383 g/mol. The van der Waals surface area contributed by atoms with Gasteiger partial charge in [-0.15, -0.1) is 0 Å². The van der Waals surface area contributed by atoms with Gasteiger partial charge >= 0.3 is 0 Å². The quantitative estimate of drug-likeness (QED) is 0.875. The van der Waals surface area contributed by atoms with E-state index in [4.69, 9.17) is 4.74 Å². The van der Waals surface area contributed by atoms with Crippen molar-refractivity contribution in [1.29, 1.82) is 0 Å². The van der Waals surface area contributed by atoms with Gasteiger partial charge in [0.05, 0.1) is 7.11 Å². The number of hydrogen-bond acceptors (Lipinski definition) is 6. The van der Waals surface area contributed by atoms with E-state index in [0.717, 1.165) is 37.6 Å². The molecule has 0 aliphatic carbocycles. The number of rotatable bonds is 4. The number of methoxy groups -OCH3 is 1. The van der Waals surface area contributed by atoms with E-state index in [2.05, 4.69) is 37.2 Å². The molecule has 7 nitrogen and oxygen atoms in total. The molecule has 0 saturated carbocycles. The predicted molar refractivity (Wildman–Crippen MR) is 111 cm³/mol. The summed E-state index contributed by atoms with van der Waals surface area (Å²) in [6, 6.07) is 9.84. The molecule has 0 atom stereocenters. The van der Waals surface area contributed by atoms with Crippen LogP contribution in [0.3, 0.4) is 0 Å². The number of anilines is 2. The second-order valence-electron chi connectivity index (χ2n) is 8.07. The molecule has 1 saturated heterocycles. The summed E-state index contributed by atoms with van der Waals surface area (Å²) in [7, 11) is 1.67. The number of aromatic nitrogens is 2. The van der Waals surface area contributed by atoms with Gasteiger partial charge < -0.3 is 19.9 Å². The van der Waals surface area contributed by atoms with Crippen molar-refractivity contribution in [2.75, 3.05) is 43.1 Å². The van der Waals surface area contributed by atoms with Gasteiger partial charge in [0.15, 0.2) is 0 Å². The number of benzene rings is 1. The fourth-order valence-corrected chi connectivity index (χ4v) is 3.17. The van der Waals surface area contributed by atoms with Gasteiger partial charge in [-0.1, -0.05) is 0 Å². The molecule has 1 amide bonds. The van der Waals surface area contributed by atoms with Crippen LogP contribution in [0.1, 0.15) is 37.0 Å². The fraction of sp³-hybridized carbons (Fsp3) is 0.476. The third-order valence-corrected chi connectivity index (χ3v) is 4.56. The summed E-state index contributed by atoms with van der Waals surface area (Å²) in [5, 5.41) is 2.96. The molecule has 2 aromatic rings. The van der Waals surface area contributed by atoms with Crippen LogP contribution in [0.4, 0.5) is 11.6 Å². The molecule has 1 aromatic heterocycles. The van der Waals surface area contributed by atoms with Crippen LogP contribution in [0, 0.1) is 6.92 Å². The second kappa shape index (κ2) is 8.04. The Labute approximate surface area is 166 Å². The summed E-state index contributed by atoms with van der Waals surface area (Å²) in [4.78, 5) is 26.1. The van der Waals surface area contributed by atoms with Crippen molar-refractivity contribution in [3.63, 3.8) is 0 Å². The van der Waals surface area contributed by atoms with Crippen molar-refractivity contribution in [1.82, 2.24) is 15.3 Å². The molecule has 1 fully saturated rings. The Morgan fingerprint density at radius 3 is 2.21 bits per heavy atom. The van der Waals surface area contributed by atoms with Crippen LogP contribution in [0.5, 0.6) is 5.75 Å². The topological polar surface area (TPSA) is 70.6 Å². The zero-order valence-electron chi connectivity index (χ0n) is 17.3. The van der Waals surface area contributed by atoms with Crippen LogP contribution < -0.4 is 19.9 Å². The molecule has 7 heteroatoms. The largest absolute Gasteiger partial charge is 0.497 e. The third-order valence-electron chi connectivity index (χ3n) is 4.56. The first-order valence-electron chi connectivity index (χ1n) is 9.57. The molecular weight excluding hydrogens is 354 g/mol. The van der Waals surface area contributed by atoms with E-state index < -0.39 is 0 Å². The highest BCUT2D eigenvalue weighted by Crippen LogP contribution is 2.22. The van der Waals surface area contributed by atoms with Crippen molar-refractivity contribution in [2.45, 2.75) is 33.2 Å². The van der Waals surface area contributed by atoms with Gasteiger partial charge in [0.1, 0.15) is 11.4 Å². The minimum absolute atomic E-state index is 0.170. The Bertz CT molecular complexity index is 822. The Kier molecular flexibility index (Phi) is 5.72. The first-order valence-corrected chi connectivity index (χ1v) is 9.57. The number of nitrogens with zero attached hydrogens (tertiary/aromatic N) is 4. The van der Waals surface area contributed by atoms with Crippen molar-refractivity contribution >= 4 is 17.5 Å². The molecule has 150 valence electrons. The van der Waals surface area contributed by atoms with Crippen molar-refractivity contribution < 1.29 is 9.53 Å². The van der Waals surface area contributed by atoms with Gasteiger partial charge in [-0.3, -0.25) is 4.79 Å². The maximum Gasteiger partial charge on any atom is 0.270 e. The molecule has 0 bridgehead atoms. The number of carbonyl (C=O) groups is 1. The minimum atomic E-state index is -0.305. The molecule has 0 unspecified atom stereocenters. The van der Waals surface area contributed by atoms with Crippen molar-refractivity contribution in [2.24, 2.45) is 0 Å². The summed E-state index contributed by atoms with van der Waals surface area (Å²) >= 11 is 0. The molecule has 2 heterocycles. The Hall–Kier alpha value is -2.83. The van der Waals surface area contributed by atoms with Crippen molar-refractivity contribution in [3.05, 3.63) is 41.7 Å². The number of aryl methyl sites for hydroxylation is 1. The molecule has 0 radical (unpaired) electrons. The van der Waals surface area contributed by atoms with Gasteiger partial charge in [-0.2, -0.15) is 0 Å². The van der Waals surface area contributed by atoms with E-state index in [1.165, 1.54) is 5.69 Å². The van der Waals surface area contributed by atoms with E-state index in [-0.39, 0.29) is 11.4 Å². The van der Waals surface area contributed by atoms with Crippen LogP contribution in [-0.4, -0.2) is 54.7 Å². The number of amides is 1. The first kappa shape index (κ1) is 19.9. The molecule has 28 heavy (non-hydrogen) atoms. The zero-order valence-corrected chi connectivity index (χ0v) is 17.3. The third kappa shape index (κ3) is 4.91. The van der Waals surface area contributed by atoms with Gasteiger partial charge in [0, 0.05) is 43.1 Å². The van der Waals surface area contributed by atoms with E-state index in [9.17, 15) is 4.79 Å². The van der Waals surface area contributed by atoms with Crippen LogP contribution in [0.2, 0.25) is 0 Å². The normalized spacial score (nSPS) is 14.8. The standard InChI is InChI=1S/C21H29N5O2/c1-15-14-18(19(27)24-21(2,3)4)23-20(22-15)26-12-10-25(11-13-26)16-6-8-17(28-5)9-7-16/h6-9,14H,10-13H2,1-5H3,(H,24,27). The highest BCUT2D eigenvalue weighted by atomic mass is 16.5. The molecule has 1 aliphatic heterocycles. The maximum atomic E-state index is 12.5. The first-order chi connectivity index (χ1) is 13.2. The molecule has 1 aromatic carbocycles. The molecule has 1 aliphatic rings. The maximum absolute atomic E-state index is 12.5. The summed E-state index contributed by atoms with van der Waals surface area (Å²) in [5.41, 5.74) is 2.08. The van der Waals surface area contributed by atoms with Crippen LogP contribution in [0.25, 0.3) is 0 Å². The lowest BCUT2D eigenvalue weighted by Gasteiger charge is -2.36. The van der Waals surface area contributed by atoms with Crippen molar-refractivity contribution in [3.8, 4) is 5.75 Å². The SMILES string of the molecule is COc1ccc(N2CCN(c3nc(C)cc(C(=O)NC(C)(C)C)n3)CC2)cc1. The van der Waals surface area contributed by atoms with E-state index in [0.29, 0.717) is 11.6 Å². The van der Waals surface area contributed by atoms with Gasteiger partial charge in [-0.25, -0.2) is 9.97 Å². The molecule has 3 rings (SSSR count). The average Bonchev–Trinajstić information content (AvgIpc) is 2.66. The van der Waals surface area contributed by atoms with Crippen LogP contribution in [0.15, 0.2) is 30.3 Å². The number of hydrogen-bond donors (Lipinski definition) is 1. The predicted octanol–water partition coefficient (Wildman–Crippen LogP) is 2.65. The Morgan fingerprint density at radius 1 is 1.04 bits per heavy atom. The summed E-state index contributed by atoms with van der Waals surface area (Å²) in [5.74, 6) is 1.31. The second-order valence-corrected chi connectivity index (χ2v) is 8.07. The lowest BCUT2D eigenvalue weighted by Crippen LogP contribution is -2.47. The number of carbonyl (C=O) groups excluding carboxylic acids is 1. The molecule has 1 N–H and O–H groups in total. The lowest BCUT2D eigenvalue weighted by atomic mass is 10.1. The molecule has 0 spiro atoms. The van der Waals surface area contributed by atoms with Crippen LogP contribution in [-0.2, 0) is 0 Å². The van der Waals surface area contributed by atoms with E-state index in [1.54, 1.807) is 13.2 Å². The lowest BCUT2D eigenvalue weighted by molar-refractivity contribution is 0.0914. The smallest absolute Gasteiger partial charge is 0.270 e. The average molecular weight is 383 g/mol. The highest BCUT2D eigenvalue weighted by Gasteiger charge is 2.22. The highest BCUT2D eigenvalue weighted by molar-refractivity contribution is 5.93. The van der Waals surface area contributed by atoms with Gasteiger partial charge in [-0.05, 0) is 58.0 Å². The summed E-state index contributed by atoms with van der Waals surface area (Å²) in [6.45, 7) is 11.1. The van der Waals surface area contributed by atoms with Gasteiger partial charge in [0.25, 0.3) is 5.91 Å². The number of piperazine rings is 1. The molecular formula is C21H29N5O2. The number of ether oxygens (including phenoxy) is 1. The van der Waals surface area contributed by atoms with Gasteiger partial charge in [0.2, 0.25) is 5.95 Å². The van der Waals surface area contributed by atoms with Crippen LogP contribution >= 0.6 is 0 Å². The zero-order chi connectivity index (χ0) is 20.3. The summed E-state index contributed by atoms with van der Waals surface area (Å²) < 4.78 is 5.23. The Balaban J connectivity index is 1.69. The van der Waals surface area contributed by atoms with E-state index in [1.807, 2.05) is 39.8 Å². The summed E-state index contributed by atoms with van der Waals surface area (Å²) in [6.07, 6.45) is 0. The van der Waals surface area contributed by atoms with E-state index >= 15 is 0 Å².